The Bertz CT molecular complexity index is 1170. The van der Waals surface area contributed by atoms with Crippen LogP contribution in [0.4, 0.5) is 0 Å². The van der Waals surface area contributed by atoms with Gasteiger partial charge in [0.05, 0.1) is 12.5 Å². The highest BCUT2D eigenvalue weighted by atomic mass is 16.6. The maximum atomic E-state index is 12.9. The van der Waals surface area contributed by atoms with Crippen LogP contribution in [0.2, 0.25) is 0 Å². The first kappa shape index (κ1) is 36.9. The Morgan fingerprint density at radius 3 is 2.43 bits per heavy atom. The molecule has 0 aromatic rings. The van der Waals surface area contributed by atoms with Crippen molar-refractivity contribution in [2.75, 3.05) is 0 Å². The summed E-state index contributed by atoms with van der Waals surface area (Å²) in [5, 5.41) is 14.4. The molecule has 0 aliphatic carbocycles. The zero-order valence-corrected chi connectivity index (χ0v) is 27.5. The molecule has 9 atom stereocenters. The molecule has 0 spiro atoms. The third-order valence-electron chi connectivity index (χ3n) is 9.10. The minimum Gasteiger partial charge on any atom is -0.462 e. The first-order valence-corrected chi connectivity index (χ1v) is 15.7. The van der Waals surface area contributed by atoms with Crippen LogP contribution in [0.25, 0.3) is 0 Å². The number of hydrogen-bond acceptors (Lipinski definition) is 9. The molecule has 0 saturated carbocycles. The van der Waals surface area contributed by atoms with E-state index >= 15 is 0 Å². The molecule has 2 aliphatic rings. The monoisotopic (exact) mass is 613 g/mol. The standard InChI is InChI=1S/C35H51NO8/c1-9-29-27(7)35(36-41,21-32(39)43-29)20-13-12-16-24(4)34-23(3)15-10-11-18-30(42-28(8)37)26(6)33(40)25(5)22(2)17-14-19-31(38)44-34/h10-13,15-18,23,25-27,29-30,33-34,40H,9,14,19-21H2,1-8H3/b13-12+,15-10-,18-11-,22-17+,24-16+/t23-,25?,26?,27?,29-,30?,33-,34?,35-/m0/s1. The molecule has 1 fully saturated rings. The average Bonchev–Trinajstić information content (AvgIpc) is 2.98. The van der Waals surface area contributed by atoms with Crippen LogP contribution < -0.4 is 0 Å². The molecule has 0 amide bonds. The summed E-state index contributed by atoms with van der Waals surface area (Å²) in [4.78, 5) is 48.8. The Morgan fingerprint density at radius 1 is 1.11 bits per heavy atom. The van der Waals surface area contributed by atoms with Gasteiger partial charge in [0, 0.05) is 37.0 Å². The number of hydrogen-bond donors (Lipinski definition) is 1. The van der Waals surface area contributed by atoms with Crippen molar-refractivity contribution in [3.8, 4) is 0 Å². The van der Waals surface area contributed by atoms with E-state index in [0.29, 0.717) is 19.3 Å². The molecule has 1 saturated heterocycles. The zero-order valence-electron chi connectivity index (χ0n) is 27.5. The number of cyclic esters (lactones) is 2. The van der Waals surface area contributed by atoms with Crippen molar-refractivity contribution in [2.45, 2.75) is 117 Å². The molecule has 2 heterocycles. The van der Waals surface area contributed by atoms with Crippen LogP contribution in [-0.4, -0.2) is 53.0 Å². The van der Waals surface area contributed by atoms with Gasteiger partial charge in [-0.3, -0.25) is 14.4 Å². The maximum absolute atomic E-state index is 12.9. The third-order valence-corrected chi connectivity index (χ3v) is 9.10. The summed E-state index contributed by atoms with van der Waals surface area (Å²) in [6, 6.07) is 0. The Kier molecular flexibility index (Phi) is 14.4. The van der Waals surface area contributed by atoms with E-state index < -0.39 is 35.8 Å². The highest BCUT2D eigenvalue weighted by Gasteiger charge is 2.48. The number of nitrogens with zero attached hydrogens (tertiary/aromatic N) is 1. The zero-order chi connectivity index (χ0) is 33.0. The molecule has 44 heavy (non-hydrogen) atoms. The molecule has 9 heteroatoms. The number of rotatable bonds is 7. The summed E-state index contributed by atoms with van der Waals surface area (Å²) >= 11 is 0. The summed E-state index contributed by atoms with van der Waals surface area (Å²) in [6.07, 6.45) is 13.9. The molecule has 244 valence electrons. The Balaban J connectivity index is 2.32. The summed E-state index contributed by atoms with van der Waals surface area (Å²) in [5.74, 6) is -2.14. The van der Waals surface area contributed by atoms with Crippen LogP contribution in [0.1, 0.15) is 87.5 Å². The second kappa shape index (κ2) is 17.2. The highest BCUT2D eigenvalue weighted by molar-refractivity contribution is 5.72. The quantitative estimate of drug-likeness (QED) is 0.110. The molecule has 0 bridgehead atoms. The van der Waals surface area contributed by atoms with Gasteiger partial charge in [-0.15, -0.1) is 0 Å². The van der Waals surface area contributed by atoms with Gasteiger partial charge in [0.2, 0.25) is 0 Å². The van der Waals surface area contributed by atoms with E-state index in [0.717, 1.165) is 11.1 Å². The van der Waals surface area contributed by atoms with Gasteiger partial charge >= 0.3 is 17.9 Å². The molecular weight excluding hydrogens is 562 g/mol. The number of aliphatic hydroxyl groups excluding tert-OH is 1. The maximum Gasteiger partial charge on any atom is 0.308 e. The summed E-state index contributed by atoms with van der Waals surface area (Å²) in [7, 11) is 0. The van der Waals surface area contributed by atoms with E-state index in [1.807, 2.05) is 84.9 Å². The lowest BCUT2D eigenvalue weighted by molar-refractivity contribution is -0.164. The lowest BCUT2D eigenvalue weighted by Gasteiger charge is -2.40. The molecular formula is C35H51NO8. The lowest BCUT2D eigenvalue weighted by atomic mass is 9.74. The fourth-order valence-corrected chi connectivity index (χ4v) is 5.87. The van der Waals surface area contributed by atoms with Crippen LogP contribution in [0.3, 0.4) is 0 Å². The fourth-order valence-electron chi connectivity index (χ4n) is 5.87. The molecule has 5 unspecified atom stereocenters. The van der Waals surface area contributed by atoms with Gasteiger partial charge in [0.1, 0.15) is 23.9 Å². The topological polar surface area (TPSA) is 129 Å². The molecule has 0 aromatic heterocycles. The second-order valence-electron chi connectivity index (χ2n) is 12.4. The number of allylic oxidation sites excluding steroid dienone is 5. The predicted molar refractivity (Wildman–Crippen MR) is 170 cm³/mol. The van der Waals surface area contributed by atoms with Crippen molar-refractivity contribution in [2.24, 2.45) is 28.8 Å². The normalized spacial score (nSPS) is 37.3. The Hall–Kier alpha value is -3.33. The van der Waals surface area contributed by atoms with Gasteiger partial charge in [0.15, 0.2) is 0 Å². The van der Waals surface area contributed by atoms with Crippen LogP contribution in [0.15, 0.2) is 64.9 Å². The number of esters is 3. The number of aliphatic hydroxyl groups is 1. The van der Waals surface area contributed by atoms with E-state index in [-0.39, 0.29) is 48.6 Å². The SMILES string of the molecule is CC[C@@H]1OC(=O)C[C@](C/C=C/C=C(\C)C2OC(=O)CC/C=C(\C)C(C)[C@H](O)C(C)C(OC(C)=O)/C=C\C=C/[C@@H]2C)(N=O)C1C. The molecule has 2 rings (SSSR count). The first-order chi connectivity index (χ1) is 20.8. The molecule has 1 N–H and O–H groups in total. The van der Waals surface area contributed by atoms with Gasteiger partial charge in [-0.1, -0.05) is 87.9 Å². The van der Waals surface area contributed by atoms with Crippen LogP contribution >= 0.6 is 0 Å². The Labute approximate surface area is 262 Å². The smallest absolute Gasteiger partial charge is 0.308 e. The Morgan fingerprint density at radius 2 is 1.80 bits per heavy atom. The van der Waals surface area contributed by atoms with Crippen LogP contribution in [0.5, 0.6) is 0 Å². The molecule has 2 aliphatic heterocycles. The van der Waals surface area contributed by atoms with E-state index in [2.05, 4.69) is 5.18 Å². The number of nitroso groups, excluding NO2 is 1. The molecule has 0 aromatic carbocycles. The lowest BCUT2D eigenvalue weighted by Crippen LogP contribution is -2.49. The van der Waals surface area contributed by atoms with E-state index in [1.165, 1.54) is 6.92 Å². The van der Waals surface area contributed by atoms with Gasteiger partial charge < -0.3 is 19.3 Å². The molecule has 0 radical (unpaired) electrons. The van der Waals surface area contributed by atoms with Crippen LogP contribution in [0, 0.1) is 28.6 Å². The van der Waals surface area contributed by atoms with Crippen molar-refractivity contribution in [3.63, 3.8) is 0 Å². The fraction of sp³-hybridized carbons (Fsp3) is 0.629. The summed E-state index contributed by atoms with van der Waals surface area (Å²) < 4.78 is 16.9. The summed E-state index contributed by atoms with van der Waals surface area (Å²) in [6.45, 7) is 14.7. The second-order valence-corrected chi connectivity index (χ2v) is 12.4. The summed E-state index contributed by atoms with van der Waals surface area (Å²) in [5.41, 5.74) is 0.683. The van der Waals surface area contributed by atoms with Gasteiger partial charge in [0.25, 0.3) is 0 Å². The van der Waals surface area contributed by atoms with E-state index in [4.69, 9.17) is 14.2 Å². The van der Waals surface area contributed by atoms with E-state index in [1.54, 1.807) is 12.2 Å². The van der Waals surface area contributed by atoms with Crippen molar-refractivity contribution in [1.29, 1.82) is 0 Å². The highest BCUT2D eigenvalue weighted by Crippen LogP contribution is 2.39. The third kappa shape index (κ3) is 10.1. The van der Waals surface area contributed by atoms with Gasteiger partial charge in [-0.05, 0) is 44.8 Å². The minimum absolute atomic E-state index is 0.0560. The van der Waals surface area contributed by atoms with Crippen molar-refractivity contribution in [3.05, 3.63) is 64.7 Å². The number of carbonyl (C=O) groups excluding carboxylic acids is 3. The predicted octanol–water partition coefficient (Wildman–Crippen LogP) is 6.71. The van der Waals surface area contributed by atoms with E-state index in [9.17, 15) is 24.4 Å². The average molecular weight is 614 g/mol. The first-order valence-electron chi connectivity index (χ1n) is 15.7. The largest absolute Gasteiger partial charge is 0.462 e. The van der Waals surface area contributed by atoms with Gasteiger partial charge in [-0.25, -0.2) is 0 Å². The van der Waals surface area contributed by atoms with Crippen molar-refractivity contribution < 1.29 is 33.7 Å². The number of ether oxygens (including phenoxy) is 3. The van der Waals surface area contributed by atoms with Crippen molar-refractivity contribution >= 4 is 17.9 Å². The minimum atomic E-state index is -1.06. The number of carbonyl (C=O) groups is 3. The van der Waals surface area contributed by atoms with Gasteiger partial charge in [-0.2, -0.15) is 4.91 Å². The molecule has 9 nitrogen and oxygen atoms in total. The van der Waals surface area contributed by atoms with Crippen LogP contribution in [-0.2, 0) is 28.6 Å². The van der Waals surface area contributed by atoms with Crippen molar-refractivity contribution in [1.82, 2.24) is 0 Å².